The van der Waals surface area contributed by atoms with Crippen molar-refractivity contribution in [2.75, 3.05) is 0 Å². The van der Waals surface area contributed by atoms with E-state index in [9.17, 15) is 4.79 Å². The number of benzene rings is 1. The lowest BCUT2D eigenvalue weighted by Crippen LogP contribution is -2.48. The molecule has 0 unspecified atom stereocenters. The van der Waals surface area contributed by atoms with Gasteiger partial charge in [-0.2, -0.15) is 0 Å². The van der Waals surface area contributed by atoms with Crippen molar-refractivity contribution in [2.45, 2.75) is 54.9 Å². The van der Waals surface area contributed by atoms with Crippen molar-refractivity contribution in [2.24, 2.45) is 17.8 Å². The lowest BCUT2D eigenvalue weighted by molar-refractivity contribution is -0.0191. The first-order chi connectivity index (χ1) is 12.6. The van der Waals surface area contributed by atoms with Crippen molar-refractivity contribution < 1.29 is 14.3 Å². The van der Waals surface area contributed by atoms with Crippen molar-refractivity contribution in [3.05, 3.63) is 41.3 Å². The van der Waals surface area contributed by atoms with Crippen LogP contribution in [0.25, 0.3) is 0 Å². The zero-order valence-electron chi connectivity index (χ0n) is 14.6. The van der Waals surface area contributed by atoms with Crippen molar-refractivity contribution in [3.8, 4) is 0 Å². The molecule has 4 aliphatic carbocycles. The lowest BCUT2D eigenvalue weighted by atomic mass is 9.49. The van der Waals surface area contributed by atoms with Crippen molar-refractivity contribution >= 4 is 17.7 Å². The van der Waals surface area contributed by atoms with Gasteiger partial charge in [0.2, 0.25) is 5.89 Å². The van der Waals surface area contributed by atoms with E-state index < -0.39 is 5.97 Å². The molecule has 0 amide bonds. The third kappa shape index (κ3) is 2.84. The van der Waals surface area contributed by atoms with E-state index in [4.69, 9.17) is 9.52 Å². The van der Waals surface area contributed by atoms with E-state index in [2.05, 4.69) is 10.2 Å². The number of aromatic carboxylic acids is 1. The Morgan fingerprint density at radius 3 is 2.50 bits per heavy atom. The normalized spacial score (nSPS) is 32.1. The summed E-state index contributed by atoms with van der Waals surface area (Å²) in [5, 5.41) is 18.4. The van der Waals surface area contributed by atoms with E-state index in [1.165, 1.54) is 50.3 Å². The minimum Gasteiger partial charge on any atom is -0.478 e. The number of hydrogen-bond donors (Lipinski definition) is 1. The van der Waals surface area contributed by atoms with Crippen LogP contribution in [0.4, 0.5) is 0 Å². The maximum absolute atomic E-state index is 11.1. The quantitative estimate of drug-likeness (QED) is 0.780. The summed E-state index contributed by atoms with van der Waals surface area (Å²) in [6.07, 6.45) is 7.84. The second-order valence-corrected chi connectivity index (χ2v) is 9.29. The summed E-state index contributed by atoms with van der Waals surface area (Å²) < 4.78 is 6.09. The SMILES string of the molecule is O=C(O)c1cccc(CSc2nnc(C34CC5CC(CC(C5)C3)C4)o2)c1. The highest BCUT2D eigenvalue weighted by Gasteiger charge is 2.54. The van der Waals surface area contributed by atoms with Gasteiger partial charge in [0, 0.05) is 11.2 Å². The Morgan fingerprint density at radius 2 is 1.85 bits per heavy atom. The lowest BCUT2D eigenvalue weighted by Gasteiger charge is -2.55. The van der Waals surface area contributed by atoms with E-state index in [0.29, 0.717) is 16.5 Å². The Morgan fingerprint density at radius 1 is 1.15 bits per heavy atom. The first kappa shape index (κ1) is 16.4. The Kier molecular flexibility index (Phi) is 3.85. The van der Waals surface area contributed by atoms with Crippen molar-refractivity contribution in [3.63, 3.8) is 0 Å². The van der Waals surface area contributed by atoms with Gasteiger partial charge in [-0.15, -0.1) is 10.2 Å². The van der Waals surface area contributed by atoms with Crippen LogP contribution in [-0.4, -0.2) is 21.3 Å². The topological polar surface area (TPSA) is 76.2 Å². The highest BCUT2D eigenvalue weighted by atomic mass is 32.2. The van der Waals surface area contributed by atoms with E-state index in [0.717, 1.165) is 29.2 Å². The van der Waals surface area contributed by atoms with Gasteiger partial charge in [0.05, 0.1) is 5.56 Å². The molecule has 6 rings (SSSR count). The van der Waals surface area contributed by atoms with Gasteiger partial charge in [-0.1, -0.05) is 23.9 Å². The largest absolute Gasteiger partial charge is 0.478 e. The minimum atomic E-state index is -0.904. The van der Waals surface area contributed by atoms with E-state index in [1.807, 2.05) is 6.07 Å². The Balaban J connectivity index is 1.30. The van der Waals surface area contributed by atoms with Crippen LogP contribution in [0.2, 0.25) is 0 Å². The molecule has 4 aliphatic rings. The number of hydrogen-bond acceptors (Lipinski definition) is 5. The average molecular weight is 370 g/mol. The predicted octanol–water partition coefficient (Wildman–Crippen LogP) is 4.53. The summed E-state index contributed by atoms with van der Waals surface area (Å²) in [7, 11) is 0. The summed E-state index contributed by atoms with van der Waals surface area (Å²) in [5.74, 6) is 3.12. The van der Waals surface area contributed by atoms with Crippen LogP contribution in [0.15, 0.2) is 33.9 Å². The minimum absolute atomic E-state index is 0.129. The summed E-state index contributed by atoms with van der Waals surface area (Å²) in [4.78, 5) is 11.1. The van der Waals surface area contributed by atoms with Gasteiger partial charge in [-0.05, 0) is 74.0 Å². The Hall–Kier alpha value is -1.82. The van der Waals surface area contributed by atoms with Crippen LogP contribution in [0.3, 0.4) is 0 Å². The molecule has 26 heavy (non-hydrogen) atoms. The second-order valence-electron chi connectivity index (χ2n) is 8.37. The maximum Gasteiger partial charge on any atom is 0.335 e. The van der Waals surface area contributed by atoms with Gasteiger partial charge in [0.1, 0.15) is 0 Å². The van der Waals surface area contributed by atoms with Gasteiger partial charge < -0.3 is 9.52 Å². The number of carboxylic acids is 1. The van der Waals surface area contributed by atoms with E-state index in [-0.39, 0.29) is 5.41 Å². The number of rotatable bonds is 5. The molecule has 0 aliphatic heterocycles. The summed E-state index contributed by atoms with van der Waals surface area (Å²) >= 11 is 1.49. The molecule has 136 valence electrons. The number of carboxylic acid groups (broad SMARTS) is 1. The molecule has 0 spiro atoms. The van der Waals surface area contributed by atoms with E-state index >= 15 is 0 Å². The number of nitrogens with zero attached hydrogens (tertiary/aromatic N) is 2. The smallest absolute Gasteiger partial charge is 0.335 e. The molecule has 1 aromatic carbocycles. The van der Waals surface area contributed by atoms with Gasteiger partial charge in [0.15, 0.2) is 0 Å². The molecule has 0 radical (unpaired) electrons. The van der Waals surface area contributed by atoms with Crippen molar-refractivity contribution in [1.82, 2.24) is 10.2 Å². The molecule has 6 heteroatoms. The fourth-order valence-electron chi connectivity index (χ4n) is 5.79. The summed E-state index contributed by atoms with van der Waals surface area (Å²) in [5.41, 5.74) is 1.39. The van der Waals surface area contributed by atoms with Crippen LogP contribution in [0, 0.1) is 17.8 Å². The molecule has 1 aromatic heterocycles. The maximum atomic E-state index is 11.1. The molecule has 4 saturated carbocycles. The van der Waals surface area contributed by atoms with Gasteiger partial charge in [-0.3, -0.25) is 0 Å². The fourth-order valence-corrected chi connectivity index (χ4v) is 6.50. The Labute approximate surface area is 156 Å². The Bertz CT molecular complexity index is 812. The van der Waals surface area contributed by atoms with Crippen LogP contribution in [0.5, 0.6) is 0 Å². The summed E-state index contributed by atoms with van der Waals surface area (Å²) in [6, 6.07) is 7.00. The highest BCUT2D eigenvalue weighted by molar-refractivity contribution is 7.98. The monoisotopic (exact) mass is 370 g/mol. The van der Waals surface area contributed by atoms with Gasteiger partial charge >= 0.3 is 5.97 Å². The van der Waals surface area contributed by atoms with Gasteiger partial charge in [0.25, 0.3) is 5.22 Å². The number of thioether (sulfide) groups is 1. The first-order valence-corrected chi connectivity index (χ1v) is 10.4. The molecular weight excluding hydrogens is 348 g/mol. The van der Waals surface area contributed by atoms with E-state index in [1.54, 1.807) is 18.2 Å². The molecule has 1 N–H and O–H groups in total. The molecule has 2 aromatic rings. The predicted molar refractivity (Wildman–Crippen MR) is 97.1 cm³/mol. The standard InChI is InChI=1S/C20H22N2O3S/c23-17(24)16-3-1-2-12(7-16)11-26-19-22-21-18(25-19)20-8-13-4-14(9-20)6-15(5-13)10-20/h1-3,7,13-15H,4-6,8-11H2,(H,23,24). The third-order valence-corrected chi connectivity index (χ3v) is 7.32. The zero-order chi connectivity index (χ0) is 17.7. The third-order valence-electron chi connectivity index (χ3n) is 6.43. The molecular formula is C20H22N2O3S. The highest BCUT2D eigenvalue weighted by Crippen LogP contribution is 2.60. The first-order valence-electron chi connectivity index (χ1n) is 9.39. The molecule has 4 fully saturated rings. The second kappa shape index (κ2) is 6.12. The van der Waals surface area contributed by atoms with Crippen molar-refractivity contribution in [1.29, 1.82) is 0 Å². The molecule has 4 bridgehead atoms. The number of aromatic nitrogens is 2. The average Bonchev–Trinajstić information content (AvgIpc) is 3.09. The van der Waals surface area contributed by atoms with Crippen LogP contribution in [0.1, 0.15) is 60.3 Å². The van der Waals surface area contributed by atoms with Crippen LogP contribution in [-0.2, 0) is 11.2 Å². The fraction of sp³-hybridized carbons (Fsp3) is 0.550. The molecule has 0 saturated heterocycles. The zero-order valence-corrected chi connectivity index (χ0v) is 15.4. The molecule has 5 nitrogen and oxygen atoms in total. The molecule has 1 heterocycles. The van der Waals surface area contributed by atoms with Gasteiger partial charge in [-0.25, -0.2) is 4.79 Å². The number of carbonyl (C=O) groups is 1. The summed E-state index contributed by atoms with van der Waals surface area (Å²) in [6.45, 7) is 0. The van der Waals surface area contributed by atoms with Crippen LogP contribution < -0.4 is 0 Å². The van der Waals surface area contributed by atoms with Crippen LogP contribution >= 0.6 is 11.8 Å². The molecule has 0 atom stereocenters.